The zero-order valence-electron chi connectivity index (χ0n) is 15.2. The van der Waals surface area contributed by atoms with Gasteiger partial charge in [0.1, 0.15) is 5.82 Å². The summed E-state index contributed by atoms with van der Waals surface area (Å²) in [4.78, 5) is 21.4. The lowest BCUT2D eigenvalue weighted by Gasteiger charge is -2.35. The molecule has 0 unspecified atom stereocenters. The van der Waals surface area contributed by atoms with Crippen LogP contribution in [0.1, 0.15) is 24.2 Å². The maximum absolute atomic E-state index is 11.5. The first-order valence-electron chi connectivity index (χ1n) is 9.12. The molecule has 0 spiro atoms. The lowest BCUT2D eigenvalue weighted by atomic mass is 10.1. The second kappa shape index (κ2) is 7.17. The number of ketones is 1. The average Bonchev–Trinajstić information content (AvgIpc) is 3.16. The van der Waals surface area contributed by atoms with E-state index < -0.39 is 0 Å². The molecule has 4 rings (SSSR count). The van der Waals surface area contributed by atoms with E-state index >= 15 is 0 Å². The number of benzene rings is 1. The Bertz CT molecular complexity index is 924. The van der Waals surface area contributed by atoms with Crippen LogP contribution in [0.25, 0.3) is 21.3 Å². The van der Waals surface area contributed by atoms with E-state index in [-0.39, 0.29) is 5.78 Å². The number of carbonyl (C=O) groups excluding carboxylic acids is 1. The number of likely N-dealkylation sites (N-methyl/N-ethyl adjacent to an activating group) is 1. The molecule has 1 aliphatic rings. The van der Waals surface area contributed by atoms with Crippen LogP contribution in [-0.4, -0.2) is 48.4 Å². The minimum atomic E-state index is 0.0905. The number of aromatic nitrogens is 1. The maximum atomic E-state index is 11.5. The lowest BCUT2D eigenvalue weighted by Crippen LogP contribution is -2.46. The quantitative estimate of drug-likeness (QED) is 0.646. The van der Waals surface area contributed by atoms with Crippen molar-refractivity contribution in [3.05, 3.63) is 47.3 Å². The molecule has 1 aromatic carbocycles. The highest BCUT2D eigenvalue weighted by Gasteiger charge is 2.20. The van der Waals surface area contributed by atoms with Crippen LogP contribution >= 0.6 is 11.3 Å². The first kappa shape index (κ1) is 17.2. The van der Waals surface area contributed by atoms with E-state index in [1.54, 1.807) is 18.3 Å². The van der Waals surface area contributed by atoms with Crippen molar-refractivity contribution < 1.29 is 4.79 Å². The highest BCUT2D eigenvalue weighted by Crippen LogP contribution is 2.33. The molecular weight excluding hydrogens is 342 g/mol. The van der Waals surface area contributed by atoms with Gasteiger partial charge in [-0.3, -0.25) is 4.79 Å². The standard InChI is InChI=1S/C21H23N3OS/c1-3-23-9-11-24(12-10-23)21-18-8-13-26-20(18)14-19(22-21)17-6-4-16(5-7-17)15(2)25/h4-8,13-14H,3,9-12H2,1-2H3. The molecule has 5 heteroatoms. The van der Waals surface area contributed by atoms with Crippen LogP contribution in [0.4, 0.5) is 5.82 Å². The van der Waals surface area contributed by atoms with Crippen molar-refractivity contribution in [1.29, 1.82) is 0 Å². The summed E-state index contributed by atoms with van der Waals surface area (Å²) in [5.74, 6) is 1.18. The summed E-state index contributed by atoms with van der Waals surface area (Å²) in [5, 5.41) is 3.38. The van der Waals surface area contributed by atoms with E-state index in [1.165, 1.54) is 10.1 Å². The number of piperazine rings is 1. The van der Waals surface area contributed by atoms with Gasteiger partial charge in [-0.05, 0) is 31.0 Å². The monoisotopic (exact) mass is 365 g/mol. The van der Waals surface area contributed by atoms with Gasteiger partial charge in [0, 0.05) is 47.4 Å². The fourth-order valence-electron chi connectivity index (χ4n) is 3.49. The number of rotatable bonds is 4. The average molecular weight is 366 g/mol. The van der Waals surface area contributed by atoms with Gasteiger partial charge in [-0.15, -0.1) is 11.3 Å². The Hall–Kier alpha value is -2.24. The van der Waals surface area contributed by atoms with Gasteiger partial charge in [0.05, 0.1) is 5.69 Å². The van der Waals surface area contributed by atoms with Crippen molar-refractivity contribution >= 4 is 33.0 Å². The summed E-state index contributed by atoms with van der Waals surface area (Å²) in [6.07, 6.45) is 0. The normalized spacial score (nSPS) is 15.5. The summed E-state index contributed by atoms with van der Waals surface area (Å²) in [7, 11) is 0. The van der Waals surface area contributed by atoms with Crippen LogP contribution < -0.4 is 4.90 Å². The summed E-state index contributed by atoms with van der Waals surface area (Å²) in [6, 6.07) is 12.1. The third-order valence-corrected chi connectivity index (χ3v) is 6.00. The molecule has 2 aromatic heterocycles. The minimum Gasteiger partial charge on any atom is -0.353 e. The summed E-state index contributed by atoms with van der Waals surface area (Å²) < 4.78 is 1.26. The molecule has 0 saturated carbocycles. The Morgan fingerprint density at radius 3 is 2.50 bits per heavy atom. The molecule has 0 aliphatic carbocycles. The van der Waals surface area contributed by atoms with E-state index in [1.807, 2.05) is 24.3 Å². The number of carbonyl (C=O) groups is 1. The lowest BCUT2D eigenvalue weighted by molar-refractivity contribution is 0.101. The highest BCUT2D eigenvalue weighted by molar-refractivity contribution is 7.17. The first-order valence-corrected chi connectivity index (χ1v) is 10.0. The Labute approximate surface area is 158 Å². The highest BCUT2D eigenvalue weighted by atomic mass is 32.1. The number of hydrogen-bond donors (Lipinski definition) is 0. The summed E-state index contributed by atoms with van der Waals surface area (Å²) in [6.45, 7) is 9.12. The molecule has 0 N–H and O–H groups in total. The van der Waals surface area contributed by atoms with Crippen LogP contribution in [0.2, 0.25) is 0 Å². The van der Waals surface area contributed by atoms with E-state index in [9.17, 15) is 4.79 Å². The number of nitrogens with zero attached hydrogens (tertiary/aromatic N) is 3. The minimum absolute atomic E-state index is 0.0905. The Kier molecular flexibility index (Phi) is 4.74. The molecule has 1 fully saturated rings. The van der Waals surface area contributed by atoms with Gasteiger partial charge in [0.15, 0.2) is 5.78 Å². The smallest absolute Gasteiger partial charge is 0.159 e. The molecule has 3 aromatic rings. The van der Waals surface area contributed by atoms with Crippen LogP contribution in [0, 0.1) is 0 Å². The van der Waals surface area contributed by atoms with Gasteiger partial charge < -0.3 is 9.80 Å². The Morgan fingerprint density at radius 2 is 1.85 bits per heavy atom. The SMILES string of the molecule is CCN1CCN(c2nc(-c3ccc(C(C)=O)cc3)cc3sccc23)CC1. The summed E-state index contributed by atoms with van der Waals surface area (Å²) in [5.41, 5.74) is 2.77. The van der Waals surface area contributed by atoms with E-state index in [0.717, 1.165) is 55.4 Å². The molecule has 0 bridgehead atoms. The molecule has 1 aliphatic heterocycles. The van der Waals surface area contributed by atoms with E-state index in [4.69, 9.17) is 4.98 Å². The zero-order valence-corrected chi connectivity index (χ0v) is 16.1. The van der Waals surface area contributed by atoms with Crippen molar-refractivity contribution in [3.63, 3.8) is 0 Å². The fourth-order valence-corrected chi connectivity index (χ4v) is 4.31. The van der Waals surface area contributed by atoms with Crippen molar-refractivity contribution in [2.45, 2.75) is 13.8 Å². The van der Waals surface area contributed by atoms with Gasteiger partial charge in [-0.25, -0.2) is 4.98 Å². The van der Waals surface area contributed by atoms with Crippen LogP contribution in [-0.2, 0) is 0 Å². The van der Waals surface area contributed by atoms with Gasteiger partial charge in [-0.2, -0.15) is 0 Å². The molecular formula is C21H23N3OS. The molecule has 4 nitrogen and oxygen atoms in total. The predicted octanol–water partition coefficient (Wildman–Crippen LogP) is 4.31. The molecule has 0 atom stereocenters. The van der Waals surface area contributed by atoms with Crippen molar-refractivity contribution in [2.24, 2.45) is 0 Å². The number of Topliss-reactive ketones (excluding diaryl/α,β-unsaturated/α-hetero) is 1. The maximum Gasteiger partial charge on any atom is 0.159 e. The topological polar surface area (TPSA) is 36.4 Å². The molecule has 0 radical (unpaired) electrons. The van der Waals surface area contributed by atoms with E-state index in [2.05, 4.69) is 34.2 Å². The third kappa shape index (κ3) is 3.24. The number of thiophene rings is 1. The molecule has 1 saturated heterocycles. The molecule has 134 valence electrons. The van der Waals surface area contributed by atoms with Crippen LogP contribution in [0.5, 0.6) is 0 Å². The largest absolute Gasteiger partial charge is 0.353 e. The van der Waals surface area contributed by atoms with Crippen molar-refractivity contribution in [3.8, 4) is 11.3 Å². The second-order valence-corrected chi connectivity index (χ2v) is 7.67. The van der Waals surface area contributed by atoms with Gasteiger partial charge in [0.25, 0.3) is 0 Å². The van der Waals surface area contributed by atoms with Crippen molar-refractivity contribution in [2.75, 3.05) is 37.6 Å². The van der Waals surface area contributed by atoms with Crippen LogP contribution in [0.15, 0.2) is 41.8 Å². The van der Waals surface area contributed by atoms with E-state index in [0.29, 0.717) is 0 Å². The molecule has 0 amide bonds. The fraction of sp³-hybridized carbons (Fsp3) is 0.333. The van der Waals surface area contributed by atoms with Gasteiger partial charge in [-0.1, -0.05) is 31.2 Å². The summed E-state index contributed by atoms with van der Waals surface area (Å²) >= 11 is 1.76. The number of hydrogen-bond acceptors (Lipinski definition) is 5. The zero-order chi connectivity index (χ0) is 18.1. The first-order chi connectivity index (χ1) is 12.7. The van der Waals surface area contributed by atoms with Gasteiger partial charge in [0.2, 0.25) is 0 Å². The molecule has 26 heavy (non-hydrogen) atoms. The Balaban J connectivity index is 1.72. The molecule has 3 heterocycles. The third-order valence-electron chi connectivity index (χ3n) is 5.14. The Morgan fingerprint density at radius 1 is 1.12 bits per heavy atom. The number of pyridine rings is 1. The van der Waals surface area contributed by atoms with Crippen molar-refractivity contribution in [1.82, 2.24) is 9.88 Å². The number of fused-ring (bicyclic) bond motifs is 1. The number of anilines is 1. The van der Waals surface area contributed by atoms with Gasteiger partial charge >= 0.3 is 0 Å². The predicted molar refractivity (Wildman–Crippen MR) is 109 cm³/mol. The second-order valence-electron chi connectivity index (χ2n) is 6.72. The van der Waals surface area contributed by atoms with Crippen LogP contribution in [0.3, 0.4) is 0 Å².